The van der Waals surface area contributed by atoms with Crippen LogP contribution in [-0.2, 0) is 6.42 Å². The molecule has 2 heteroatoms. The molecule has 1 nitrogen and oxygen atoms in total. The molecule has 0 aliphatic heterocycles. The number of isothiocyanates is 1. The highest BCUT2D eigenvalue weighted by atomic mass is 32.1. The Morgan fingerprint density at radius 3 is 2.05 bits per heavy atom. The molecule has 0 radical (unpaired) electrons. The van der Waals surface area contributed by atoms with E-state index in [1.807, 2.05) is 12.1 Å². The molecule has 0 atom stereocenters. The average Bonchev–Trinajstić information content (AvgIpc) is 2.49. The summed E-state index contributed by atoms with van der Waals surface area (Å²) >= 11 is 4.60. The van der Waals surface area contributed by atoms with Crippen molar-refractivity contribution < 1.29 is 0 Å². The lowest BCUT2D eigenvalue weighted by atomic mass is 10.0. The van der Waals surface area contributed by atoms with Gasteiger partial charge in [0, 0.05) is 0 Å². The Balaban J connectivity index is 2.07. The quantitative estimate of drug-likeness (QED) is 0.369. The zero-order valence-electron chi connectivity index (χ0n) is 11.8. The van der Waals surface area contributed by atoms with E-state index < -0.39 is 0 Å². The number of hydrogen-bond acceptors (Lipinski definition) is 2. The Morgan fingerprint density at radius 1 is 0.900 bits per heavy atom. The summed E-state index contributed by atoms with van der Waals surface area (Å²) in [5.74, 6) is 0. The highest BCUT2D eigenvalue weighted by Crippen LogP contribution is 2.23. The molecule has 0 saturated carbocycles. The Bertz CT molecular complexity index is 578. The third kappa shape index (κ3) is 4.12. The van der Waals surface area contributed by atoms with E-state index in [1.54, 1.807) is 0 Å². The van der Waals surface area contributed by atoms with Crippen LogP contribution in [0.3, 0.4) is 0 Å². The van der Waals surface area contributed by atoms with Crippen molar-refractivity contribution in [2.24, 2.45) is 4.99 Å². The predicted molar refractivity (Wildman–Crippen MR) is 89.8 cm³/mol. The number of benzene rings is 2. The van der Waals surface area contributed by atoms with Gasteiger partial charge in [0.25, 0.3) is 0 Å². The maximum atomic E-state index is 4.60. The molecule has 0 aliphatic rings. The minimum atomic E-state index is 0.847. The molecule has 0 aliphatic carbocycles. The summed E-state index contributed by atoms with van der Waals surface area (Å²) < 4.78 is 0. The van der Waals surface area contributed by atoms with Gasteiger partial charge in [-0.05, 0) is 53.9 Å². The Labute approximate surface area is 126 Å². The smallest absolute Gasteiger partial charge is 0.0739 e. The first-order valence-corrected chi connectivity index (χ1v) is 7.51. The monoisotopic (exact) mass is 281 g/mol. The molecule has 0 heterocycles. The van der Waals surface area contributed by atoms with E-state index in [9.17, 15) is 0 Å². The standard InChI is InChI=1S/C18H19NS/c1-2-3-4-5-15-6-8-16(9-7-15)17-10-12-18(13-11-17)19-14-20/h6-13H,2-5H2,1H3. The van der Waals surface area contributed by atoms with Gasteiger partial charge in [-0.3, -0.25) is 0 Å². The van der Waals surface area contributed by atoms with E-state index in [4.69, 9.17) is 0 Å². The predicted octanol–water partition coefficient (Wildman–Crippen LogP) is 5.82. The van der Waals surface area contributed by atoms with Gasteiger partial charge in [0.05, 0.1) is 10.8 Å². The first-order chi connectivity index (χ1) is 9.83. The summed E-state index contributed by atoms with van der Waals surface area (Å²) in [5, 5.41) is 2.38. The lowest BCUT2D eigenvalue weighted by molar-refractivity contribution is 0.717. The second-order valence-corrected chi connectivity index (χ2v) is 5.09. The summed E-state index contributed by atoms with van der Waals surface area (Å²) in [7, 11) is 0. The van der Waals surface area contributed by atoms with Crippen molar-refractivity contribution in [3.8, 4) is 11.1 Å². The third-order valence-electron chi connectivity index (χ3n) is 3.40. The largest absolute Gasteiger partial charge is 0.195 e. The SMILES string of the molecule is CCCCCc1ccc(-c2ccc(N=C=S)cc2)cc1. The van der Waals surface area contributed by atoms with Crippen molar-refractivity contribution in [2.75, 3.05) is 0 Å². The number of hydrogen-bond donors (Lipinski definition) is 0. The van der Waals surface area contributed by atoms with Gasteiger partial charge in [0.2, 0.25) is 0 Å². The normalized spacial score (nSPS) is 10.1. The summed E-state index contributed by atoms with van der Waals surface area (Å²) in [5.41, 5.74) is 4.71. The van der Waals surface area contributed by atoms with Crippen LogP contribution < -0.4 is 0 Å². The molecule has 2 rings (SSSR count). The molecule has 0 unspecified atom stereocenters. The highest BCUT2D eigenvalue weighted by Gasteiger charge is 1.99. The van der Waals surface area contributed by atoms with Crippen molar-refractivity contribution in [1.29, 1.82) is 0 Å². The minimum Gasteiger partial charge on any atom is -0.195 e. The number of thiocarbonyl (C=S) groups is 1. The molecule has 2 aromatic carbocycles. The van der Waals surface area contributed by atoms with Crippen LogP contribution in [0.1, 0.15) is 31.7 Å². The first kappa shape index (κ1) is 14.6. The molecule has 0 saturated heterocycles. The molecule has 102 valence electrons. The second-order valence-electron chi connectivity index (χ2n) is 4.90. The topological polar surface area (TPSA) is 12.4 Å². The molecule has 0 fully saturated rings. The number of aryl methyl sites for hydroxylation is 1. The van der Waals surface area contributed by atoms with Crippen LogP contribution in [0, 0.1) is 0 Å². The van der Waals surface area contributed by atoms with Gasteiger partial charge in [-0.15, -0.1) is 0 Å². The van der Waals surface area contributed by atoms with Crippen molar-refractivity contribution >= 4 is 23.1 Å². The maximum Gasteiger partial charge on any atom is 0.0739 e. The van der Waals surface area contributed by atoms with Crippen LogP contribution >= 0.6 is 12.2 Å². The van der Waals surface area contributed by atoms with Crippen molar-refractivity contribution in [1.82, 2.24) is 0 Å². The van der Waals surface area contributed by atoms with E-state index in [0.29, 0.717) is 0 Å². The van der Waals surface area contributed by atoms with E-state index in [0.717, 1.165) is 5.69 Å². The number of unbranched alkanes of at least 4 members (excludes halogenated alkanes) is 2. The number of aliphatic imine (C=N–C) groups is 1. The summed E-state index contributed by atoms with van der Waals surface area (Å²) in [4.78, 5) is 3.96. The highest BCUT2D eigenvalue weighted by molar-refractivity contribution is 7.78. The van der Waals surface area contributed by atoms with Crippen LogP contribution in [0.25, 0.3) is 11.1 Å². The Kier molecular flexibility index (Phi) is 5.67. The van der Waals surface area contributed by atoms with Gasteiger partial charge < -0.3 is 0 Å². The van der Waals surface area contributed by atoms with E-state index in [-0.39, 0.29) is 0 Å². The lowest BCUT2D eigenvalue weighted by Crippen LogP contribution is -1.85. The van der Waals surface area contributed by atoms with Gasteiger partial charge in [-0.2, -0.15) is 4.99 Å². The van der Waals surface area contributed by atoms with Crippen LogP contribution in [0.15, 0.2) is 53.5 Å². The molecule has 0 N–H and O–H groups in total. The fourth-order valence-corrected chi connectivity index (χ4v) is 2.33. The van der Waals surface area contributed by atoms with Gasteiger partial charge in [0.1, 0.15) is 0 Å². The van der Waals surface area contributed by atoms with Gasteiger partial charge in [0.15, 0.2) is 0 Å². The number of rotatable bonds is 6. The van der Waals surface area contributed by atoms with Gasteiger partial charge >= 0.3 is 0 Å². The molecular weight excluding hydrogens is 262 g/mol. The lowest BCUT2D eigenvalue weighted by Gasteiger charge is -2.05. The summed E-state index contributed by atoms with van der Waals surface area (Å²) in [6.07, 6.45) is 5.04. The zero-order valence-corrected chi connectivity index (χ0v) is 12.6. The Morgan fingerprint density at radius 2 is 1.50 bits per heavy atom. The van der Waals surface area contributed by atoms with Crippen LogP contribution in [0.5, 0.6) is 0 Å². The molecule has 0 aromatic heterocycles. The second kappa shape index (κ2) is 7.74. The van der Waals surface area contributed by atoms with Gasteiger partial charge in [-0.25, -0.2) is 0 Å². The average molecular weight is 281 g/mol. The molecule has 20 heavy (non-hydrogen) atoms. The summed E-state index contributed by atoms with van der Waals surface area (Å²) in [6.45, 7) is 2.24. The van der Waals surface area contributed by atoms with Crippen LogP contribution in [0.4, 0.5) is 5.69 Å². The van der Waals surface area contributed by atoms with Crippen LogP contribution in [-0.4, -0.2) is 5.16 Å². The first-order valence-electron chi connectivity index (χ1n) is 7.10. The minimum absolute atomic E-state index is 0.847. The molecule has 0 bridgehead atoms. The summed E-state index contributed by atoms with van der Waals surface area (Å²) in [6, 6.07) is 16.9. The zero-order chi connectivity index (χ0) is 14.2. The molecule has 0 amide bonds. The molecule has 2 aromatic rings. The van der Waals surface area contributed by atoms with Crippen molar-refractivity contribution in [3.63, 3.8) is 0 Å². The van der Waals surface area contributed by atoms with Gasteiger partial charge in [-0.1, -0.05) is 56.2 Å². The number of nitrogens with zero attached hydrogens (tertiary/aromatic N) is 1. The fourth-order valence-electron chi connectivity index (χ4n) is 2.22. The van der Waals surface area contributed by atoms with E-state index in [2.05, 4.69) is 65.7 Å². The maximum absolute atomic E-state index is 4.60. The molecular formula is C18H19NS. The van der Waals surface area contributed by atoms with E-state index in [1.165, 1.54) is 42.4 Å². The van der Waals surface area contributed by atoms with Crippen molar-refractivity contribution in [3.05, 3.63) is 54.1 Å². The Hall–Kier alpha value is -1.76. The molecule has 0 spiro atoms. The third-order valence-corrected chi connectivity index (χ3v) is 3.49. The van der Waals surface area contributed by atoms with E-state index >= 15 is 0 Å². The fraction of sp³-hybridized carbons (Fsp3) is 0.278. The van der Waals surface area contributed by atoms with Crippen molar-refractivity contribution in [2.45, 2.75) is 32.6 Å². The van der Waals surface area contributed by atoms with Crippen LogP contribution in [0.2, 0.25) is 0 Å².